The number of rotatable bonds is 8. The van der Waals surface area contributed by atoms with Crippen LogP contribution >= 0.6 is 11.6 Å². The first-order valence-electron chi connectivity index (χ1n) is 11.3. The second-order valence-electron chi connectivity index (χ2n) is 8.27. The molecule has 37 heavy (non-hydrogen) atoms. The largest absolute Gasteiger partial charge is 0.497 e. The summed E-state index contributed by atoms with van der Waals surface area (Å²) in [6, 6.07) is 15.4. The van der Waals surface area contributed by atoms with Crippen molar-refractivity contribution in [3.05, 3.63) is 71.2 Å². The third-order valence-electron chi connectivity index (χ3n) is 5.99. The topological polar surface area (TPSA) is 103 Å². The Hall–Kier alpha value is -3.63. The SMILES string of the molecule is COc1ccc(S(=O)(=O)N2C[C@@H](C(=O)N[C@H](C)c3cc(OC)ccc3OC)Oc3ccc(Cl)cc32)cc1. The van der Waals surface area contributed by atoms with Gasteiger partial charge in [-0.25, -0.2) is 8.42 Å². The van der Waals surface area contributed by atoms with Crippen LogP contribution in [0.1, 0.15) is 18.5 Å². The number of carbonyl (C=O) groups is 1. The van der Waals surface area contributed by atoms with Gasteiger partial charge in [-0.05, 0) is 67.6 Å². The molecule has 3 aromatic carbocycles. The van der Waals surface area contributed by atoms with Gasteiger partial charge in [0.2, 0.25) is 0 Å². The Balaban J connectivity index is 1.64. The number of methoxy groups -OCH3 is 3. The first kappa shape index (κ1) is 26.4. The highest BCUT2D eigenvalue weighted by Gasteiger charge is 2.38. The van der Waals surface area contributed by atoms with Crippen molar-refractivity contribution in [2.75, 3.05) is 32.2 Å². The molecule has 1 heterocycles. The lowest BCUT2D eigenvalue weighted by Gasteiger charge is -2.35. The van der Waals surface area contributed by atoms with E-state index in [1.165, 1.54) is 32.4 Å². The fourth-order valence-corrected chi connectivity index (χ4v) is 5.66. The Morgan fingerprint density at radius 2 is 1.68 bits per heavy atom. The van der Waals surface area contributed by atoms with E-state index in [0.717, 1.165) is 4.31 Å². The van der Waals surface area contributed by atoms with Gasteiger partial charge in [-0.2, -0.15) is 0 Å². The molecule has 0 saturated heterocycles. The third kappa shape index (κ3) is 5.40. The molecule has 1 N–H and O–H groups in total. The van der Waals surface area contributed by atoms with Crippen LogP contribution in [-0.4, -0.2) is 48.3 Å². The van der Waals surface area contributed by atoms with Crippen LogP contribution in [0.15, 0.2) is 65.6 Å². The minimum atomic E-state index is -4.06. The normalized spacial score (nSPS) is 15.7. The molecule has 0 saturated carbocycles. The van der Waals surface area contributed by atoms with Gasteiger partial charge in [-0.3, -0.25) is 9.10 Å². The number of amides is 1. The van der Waals surface area contributed by atoms with Crippen LogP contribution in [-0.2, 0) is 14.8 Å². The average Bonchev–Trinajstić information content (AvgIpc) is 2.91. The fraction of sp³-hybridized carbons (Fsp3) is 0.269. The molecule has 0 bridgehead atoms. The molecular formula is C26H27ClN2O7S. The number of anilines is 1. The maximum Gasteiger partial charge on any atom is 0.264 e. The lowest BCUT2D eigenvalue weighted by Crippen LogP contribution is -2.51. The standard InChI is InChI=1S/C26H27ClN2O7S/c1-16(21-14-19(34-3)8-12-23(21)35-4)28-26(30)25-15-29(22-13-17(27)5-11-24(22)36-25)37(31,32)20-9-6-18(33-2)7-10-20/h5-14,16,25H,15H2,1-4H3,(H,28,30)/t16-,25+/m1/s1. The molecule has 2 atom stereocenters. The van der Waals surface area contributed by atoms with Crippen molar-refractivity contribution < 1.29 is 32.2 Å². The highest BCUT2D eigenvalue weighted by Crippen LogP contribution is 2.39. The van der Waals surface area contributed by atoms with E-state index in [4.69, 9.17) is 30.5 Å². The van der Waals surface area contributed by atoms with Crippen LogP contribution < -0.4 is 28.6 Å². The Morgan fingerprint density at radius 3 is 2.32 bits per heavy atom. The Morgan fingerprint density at radius 1 is 1.00 bits per heavy atom. The molecule has 1 aliphatic heterocycles. The average molecular weight is 547 g/mol. The predicted octanol–water partition coefficient (Wildman–Crippen LogP) is 4.20. The number of halogens is 1. The summed E-state index contributed by atoms with van der Waals surface area (Å²) in [6.45, 7) is 1.53. The second kappa shape index (κ2) is 10.8. The van der Waals surface area contributed by atoms with Gasteiger partial charge in [0.1, 0.15) is 23.0 Å². The molecule has 4 rings (SSSR count). The van der Waals surface area contributed by atoms with Crippen LogP contribution in [0, 0.1) is 0 Å². The van der Waals surface area contributed by atoms with E-state index in [2.05, 4.69) is 5.32 Å². The maximum absolute atomic E-state index is 13.7. The summed E-state index contributed by atoms with van der Waals surface area (Å²) in [6.07, 6.45) is -1.12. The van der Waals surface area contributed by atoms with Gasteiger partial charge in [0, 0.05) is 10.6 Å². The Kier molecular flexibility index (Phi) is 7.70. The number of hydrogen-bond acceptors (Lipinski definition) is 7. The Bertz CT molecular complexity index is 1400. The van der Waals surface area contributed by atoms with Gasteiger partial charge >= 0.3 is 0 Å². The first-order valence-corrected chi connectivity index (χ1v) is 13.1. The van der Waals surface area contributed by atoms with Crippen molar-refractivity contribution in [3.63, 3.8) is 0 Å². The first-order chi connectivity index (χ1) is 17.7. The van der Waals surface area contributed by atoms with Gasteiger partial charge in [0.15, 0.2) is 6.10 Å². The van der Waals surface area contributed by atoms with E-state index in [-0.39, 0.29) is 22.9 Å². The van der Waals surface area contributed by atoms with Crippen molar-refractivity contribution >= 4 is 33.2 Å². The number of ether oxygens (including phenoxy) is 4. The Labute approximate surface area is 220 Å². The molecule has 0 aliphatic carbocycles. The molecular weight excluding hydrogens is 520 g/mol. The quantitative estimate of drug-likeness (QED) is 0.451. The zero-order valence-corrected chi connectivity index (χ0v) is 22.3. The van der Waals surface area contributed by atoms with Crippen molar-refractivity contribution in [1.82, 2.24) is 5.32 Å². The minimum Gasteiger partial charge on any atom is -0.497 e. The second-order valence-corrected chi connectivity index (χ2v) is 10.6. The highest BCUT2D eigenvalue weighted by atomic mass is 35.5. The van der Waals surface area contributed by atoms with Crippen molar-refractivity contribution in [2.45, 2.75) is 24.0 Å². The molecule has 0 aromatic heterocycles. The summed E-state index contributed by atoms with van der Waals surface area (Å²) in [7, 11) is 0.517. The smallest absolute Gasteiger partial charge is 0.264 e. The molecule has 11 heteroatoms. The van der Waals surface area contributed by atoms with Crippen molar-refractivity contribution in [2.24, 2.45) is 0 Å². The maximum atomic E-state index is 13.7. The number of carbonyl (C=O) groups excluding carboxylic acids is 1. The summed E-state index contributed by atoms with van der Waals surface area (Å²) in [5, 5.41) is 3.23. The van der Waals surface area contributed by atoms with Crippen LogP contribution in [0.25, 0.3) is 0 Å². The molecule has 9 nitrogen and oxygen atoms in total. The fourth-order valence-electron chi connectivity index (χ4n) is 4.03. The van der Waals surface area contributed by atoms with Gasteiger partial charge in [-0.1, -0.05) is 11.6 Å². The van der Waals surface area contributed by atoms with Crippen LogP contribution in [0.5, 0.6) is 23.0 Å². The molecule has 196 valence electrons. The number of benzene rings is 3. The van der Waals surface area contributed by atoms with Gasteiger partial charge < -0.3 is 24.3 Å². The molecule has 0 fully saturated rings. The lowest BCUT2D eigenvalue weighted by atomic mass is 10.1. The zero-order valence-electron chi connectivity index (χ0n) is 20.7. The molecule has 0 spiro atoms. The van der Waals surface area contributed by atoms with E-state index in [1.54, 1.807) is 56.5 Å². The van der Waals surface area contributed by atoms with E-state index in [0.29, 0.717) is 27.8 Å². The van der Waals surface area contributed by atoms with Crippen LogP contribution in [0.3, 0.4) is 0 Å². The molecule has 3 aromatic rings. The number of sulfonamides is 1. The summed E-state index contributed by atoms with van der Waals surface area (Å²) >= 11 is 6.17. The van der Waals surface area contributed by atoms with Gasteiger partial charge in [-0.15, -0.1) is 0 Å². The van der Waals surface area contributed by atoms with E-state index in [1.807, 2.05) is 0 Å². The summed E-state index contributed by atoms with van der Waals surface area (Å²) in [4.78, 5) is 13.4. The van der Waals surface area contributed by atoms with Gasteiger partial charge in [0.05, 0.1) is 44.5 Å². The van der Waals surface area contributed by atoms with E-state index >= 15 is 0 Å². The number of fused-ring (bicyclic) bond motifs is 1. The monoisotopic (exact) mass is 546 g/mol. The molecule has 0 radical (unpaired) electrons. The predicted molar refractivity (Wildman–Crippen MR) is 139 cm³/mol. The van der Waals surface area contributed by atoms with Crippen molar-refractivity contribution in [3.8, 4) is 23.0 Å². The highest BCUT2D eigenvalue weighted by molar-refractivity contribution is 7.92. The number of nitrogens with zero attached hydrogens (tertiary/aromatic N) is 1. The van der Waals surface area contributed by atoms with E-state index in [9.17, 15) is 13.2 Å². The van der Waals surface area contributed by atoms with Crippen LogP contribution in [0.4, 0.5) is 5.69 Å². The summed E-state index contributed by atoms with van der Waals surface area (Å²) < 4.78 is 50.2. The summed E-state index contributed by atoms with van der Waals surface area (Å²) in [5.74, 6) is 1.42. The van der Waals surface area contributed by atoms with Gasteiger partial charge in [0.25, 0.3) is 15.9 Å². The number of hydrogen-bond donors (Lipinski definition) is 1. The zero-order chi connectivity index (χ0) is 26.7. The third-order valence-corrected chi connectivity index (χ3v) is 8.02. The number of nitrogens with one attached hydrogen (secondary N) is 1. The molecule has 1 amide bonds. The van der Waals surface area contributed by atoms with E-state index < -0.39 is 28.1 Å². The molecule has 1 aliphatic rings. The molecule has 0 unspecified atom stereocenters. The minimum absolute atomic E-state index is 0.0368. The lowest BCUT2D eigenvalue weighted by molar-refractivity contribution is -0.128. The summed E-state index contributed by atoms with van der Waals surface area (Å²) in [5.41, 5.74) is 0.941. The van der Waals surface area contributed by atoms with Crippen LogP contribution in [0.2, 0.25) is 5.02 Å². The van der Waals surface area contributed by atoms with Crippen molar-refractivity contribution in [1.29, 1.82) is 0 Å².